The maximum atomic E-state index is 12.2. The molecule has 4 nitrogen and oxygen atoms in total. The third kappa shape index (κ3) is 2.97. The van der Waals surface area contributed by atoms with E-state index in [9.17, 15) is 4.79 Å². The van der Waals surface area contributed by atoms with E-state index in [0.717, 1.165) is 47.6 Å². The Morgan fingerprint density at radius 2 is 1.83 bits per heavy atom. The average Bonchev–Trinajstić information content (AvgIpc) is 2.92. The van der Waals surface area contributed by atoms with Crippen LogP contribution in [0.4, 0.5) is 11.4 Å². The predicted molar refractivity (Wildman–Crippen MR) is 100 cm³/mol. The number of halogens is 1. The van der Waals surface area contributed by atoms with Crippen LogP contribution in [0.1, 0.15) is 11.1 Å². The lowest BCUT2D eigenvalue weighted by Gasteiger charge is -2.28. The van der Waals surface area contributed by atoms with E-state index in [4.69, 9.17) is 4.74 Å². The maximum Gasteiger partial charge on any atom is 0.256 e. The van der Waals surface area contributed by atoms with Crippen molar-refractivity contribution in [1.29, 1.82) is 0 Å². The van der Waals surface area contributed by atoms with Crippen molar-refractivity contribution in [3.63, 3.8) is 0 Å². The number of hydrogen-bond acceptors (Lipinski definition) is 3. The fraction of sp³-hybridized carbons (Fsp3) is 0.211. The van der Waals surface area contributed by atoms with Crippen molar-refractivity contribution in [3.8, 4) is 0 Å². The second-order valence-corrected chi connectivity index (χ2v) is 6.81. The van der Waals surface area contributed by atoms with Gasteiger partial charge in [0.1, 0.15) is 0 Å². The smallest absolute Gasteiger partial charge is 0.256 e. The number of rotatable bonds is 2. The summed E-state index contributed by atoms with van der Waals surface area (Å²) >= 11 is 3.47. The van der Waals surface area contributed by atoms with E-state index in [1.165, 1.54) is 5.69 Å². The number of anilines is 2. The van der Waals surface area contributed by atoms with E-state index in [2.05, 4.69) is 50.4 Å². The van der Waals surface area contributed by atoms with Crippen LogP contribution < -0.4 is 10.2 Å². The highest BCUT2D eigenvalue weighted by molar-refractivity contribution is 9.10. The van der Waals surface area contributed by atoms with Gasteiger partial charge in [0.25, 0.3) is 5.91 Å². The van der Waals surface area contributed by atoms with Crippen molar-refractivity contribution in [1.82, 2.24) is 0 Å². The van der Waals surface area contributed by atoms with Gasteiger partial charge in [0, 0.05) is 40.1 Å². The van der Waals surface area contributed by atoms with Gasteiger partial charge in [-0.3, -0.25) is 4.79 Å². The van der Waals surface area contributed by atoms with E-state index in [0.29, 0.717) is 5.57 Å². The summed E-state index contributed by atoms with van der Waals surface area (Å²) in [6.07, 6.45) is 1.94. The van der Waals surface area contributed by atoms with Crippen molar-refractivity contribution in [2.75, 3.05) is 36.5 Å². The second kappa shape index (κ2) is 6.42. The molecule has 1 N–H and O–H groups in total. The topological polar surface area (TPSA) is 41.6 Å². The first-order valence-electron chi connectivity index (χ1n) is 7.96. The Morgan fingerprint density at radius 3 is 2.58 bits per heavy atom. The number of amides is 1. The van der Waals surface area contributed by atoms with E-state index in [1.807, 2.05) is 24.3 Å². The lowest BCUT2D eigenvalue weighted by atomic mass is 10.0. The fourth-order valence-corrected chi connectivity index (χ4v) is 3.43. The molecule has 1 amide bonds. The minimum atomic E-state index is -0.0552. The average molecular weight is 385 g/mol. The molecule has 0 unspecified atom stereocenters. The van der Waals surface area contributed by atoms with Crippen LogP contribution in [0.3, 0.4) is 0 Å². The molecule has 0 atom stereocenters. The number of fused-ring (bicyclic) bond motifs is 1. The SMILES string of the molecule is O=C1Nc2ccc(Br)cc2/C1=C\c1ccc(N2CCOCC2)cc1. The number of morpholine rings is 1. The third-order valence-electron chi connectivity index (χ3n) is 4.34. The van der Waals surface area contributed by atoms with Crippen molar-refractivity contribution in [2.45, 2.75) is 0 Å². The van der Waals surface area contributed by atoms with Gasteiger partial charge in [0.2, 0.25) is 0 Å². The monoisotopic (exact) mass is 384 g/mol. The predicted octanol–water partition coefficient (Wildman–Crippen LogP) is 3.78. The van der Waals surface area contributed by atoms with Crippen LogP contribution in [-0.4, -0.2) is 32.2 Å². The Hall–Kier alpha value is -2.11. The Kier molecular flexibility index (Phi) is 4.12. The van der Waals surface area contributed by atoms with Gasteiger partial charge in [-0.1, -0.05) is 28.1 Å². The van der Waals surface area contributed by atoms with E-state index >= 15 is 0 Å². The number of hydrogen-bond donors (Lipinski definition) is 1. The second-order valence-electron chi connectivity index (χ2n) is 5.89. The summed E-state index contributed by atoms with van der Waals surface area (Å²) in [7, 11) is 0. The first-order chi connectivity index (χ1) is 11.7. The summed E-state index contributed by atoms with van der Waals surface area (Å²) in [4.78, 5) is 14.6. The molecule has 0 spiro atoms. The van der Waals surface area contributed by atoms with Gasteiger partial charge < -0.3 is 15.0 Å². The van der Waals surface area contributed by atoms with Gasteiger partial charge in [-0.05, 0) is 42.0 Å². The van der Waals surface area contributed by atoms with Gasteiger partial charge >= 0.3 is 0 Å². The zero-order valence-electron chi connectivity index (χ0n) is 13.1. The highest BCUT2D eigenvalue weighted by Crippen LogP contribution is 2.35. The molecule has 2 aromatic carbocycles. The van der Waals surface area contributed by atoms with Gasteiger partial charge in [-0.2, -0.15) is 0 Å². The van der Waals surface area contributed by atoms with Crippen molar-refractivity contribution >= 4 is 44.9 Å². The van der Waals surface area contributed by atoms with Crippen LogP contribution in [0, 0.1) is 0 Å². The molecule has 2 aromatic rings. The van der Waals surface area contributed by atoms with Gasteiger partial charge in [-0.15, -0.1) is 0 Å². The molecule has 0 bridgehead atoms. The molecule has 2 heterocycles. The van der Waals surface area contributed by atoms with Crippen molar-refractivity contribution in [3.05, 3.63) is 58.1 Å². The first kappa shape index (κ1) is 15.4. The zero-order chi connectivity index (χ0) is 16.5. The molecule has 5 heteroatoms. The molecule has 0 saturated carbocycles. The summed E-state index contributed by atoms with van der Waals surface area (Å²) in [6.45, 7) is 3.39. The standard InChI is InChI=1S/C19H17BrN2O2/c20-14-3-6-18-16(12-14)17(19(23)21-18)11-13-1-4-15(5-2-13)22-7-9-24-10-8-22/h1-6,11-12H,7-10H2,(H,21,23)/b17-11+. The fourth-order valence-electron chi connectivity index (χ4n) is 3.07. The molecule has 1 saturated heterocycles. The molecular formula is C19H17BrN2O2. The molecule has 0 aliphatic carbocycles. The molecule has 2 aliphatic heterocycles. The molecule has 0 aromatic heterocycles. The van der Waals surface area contributed by atoms with Crippen molar-refractivity contribution in [2.24, 2.45) is 0 Å². The van der Waals surface area contributed by atoms with Gasteiger partial charge in [-0.25, -0.2) is 0 Å². The number of benzene rings is 2. The summed E-state index contributed by atoms with van der Waals surface area (Å²) in [5.74, 6) is -0.0552. The molecule has 2 aliphatic rings. The van der Waals surface area contributed by atoms with Crippen LogP contribution >= 0.6 is 15.9 Å². The molecule has 0 radical (unpaired) electrons. The number of carbonyl (C=O) groups excluding carboxylic acids is 1. The van der Waals surface area contributed by atoms with E-state index < -0.39 is 0 Å². The molecule has 4 rings (SSSR count). The summed E-state index contributed by atoms with van der Waals surface area (Å²) in [5.41, 5.74) is 4.71. The molecule has 122 valence electrons. The van der Waals surface area contributed by atoms with Crippen LogP contribution in [-0.2, 0) is 9.53 Å². The number of nitrogens with one attached hydrogen (secondary N) is 1. The Balaban J connectivity index is 1.62. The number of carbonyl (C=O) groups is 1. The van der Waals surface area contributed by atoms with Crippen LogP contribution in [0.5, 0.6) is 0 Å². The summed E-state index contributed by atoms with van der Waals surface area (Å²) in [5, 5.41) is 2.91. The lowest BCUT2D eigenvalue weighted by molar-refractivity contribution is -0.110. The minimum Gasteiger partial charge on any atom is -0.378 e. The first-order valence-corrected chi connectivity index (χ1v) is 8.76. The lowest BCUT2D eigenvalue weighted by Crippen LogP contribution is -2.36. The number of ether oxygens (including phenoxy) is 1. The largest absolute Gasteiger partial charge is 0.378 e. The summed E-state index contributed by atoms with van der Waals surface area (Å²) in [6, 6.07) is 14.1. The zero-order valence-corrected chi connectivity index (χ0v) is 14.7. The molecular weight excluding hydrogens is 368 g/mol. The highest BCUT2D eigenvalue weighted by atomic mass is 79.9. The third-order valence-corrected chi connectivity index (χ3v) is 4.84. The Labute approximate surface area is 149 Å². The van der Waals surface area contributed by atoms with E-state index in [1.54, 1.807) is 0 Å². The van der Waals surface area contributed by atoms with Gasteiger partial charge in [0.15, 0.2) is 0 Å². The van der Waals surface area contributed by atoms with Crippen LogP contribution in [0.15, 0.2) is 46.9 Å². The maximum absolute atomic E-state index is 12.2. The minimum absolute atomic E-state index is 0.0552. The number of nitrogens with zero attached hydrogens (tertiary/aromatic N) is 1. The summed E-state index contributed by atoms with van der Waals surface area (Å²) < 4.78 is 6.35. The quantitative estimate of drug-likeness (QED) is 0.801. The van der Waals surface area contributed by atoms with Crippen LogP contribution in [0.2, 0.25) is 0 Å². The van der Waals surface area contributed by atoms with Gasteiger partial charge in [0.05, 0.1) is 13.2 Å². The highest BCUT2D eigenvalue weighted by Gasteiger charge is 2.24. The van der Waals surface area contributed by atoms with Crippen molar-refractivity contribution < 1.29 is 9.53 Å². The molecule has 24 heavy (non-hydrogen) atoms. The Bertz CT molecular complexity index is 809. The molecule has 1 fully saturated rings. The van der Waals surface area contributed by atoms with E-state index in [-0.39, 0.29) is 5.91 Å². The normalized spacial score (nSPS) is 18.6. The van der Waals surface area contributed by atoms with Crippen LogP contribution in [0.25, 0.3) is 11.6 Å². The Morgan fingerprint density at radius 1 is 1.08 bits per heavy atom.